The van der Waals surface area contributed by atoms with Crippen LogP contribution in [0.15, 0.2) is 71.8 Å². The van der Waals surface area contributed by atoms with Crippen LogP contribution in [0.2, 0.25) is 0 Å². The lowest BCUT2D eigenvalue weighted by molar-refractivity contribution is 0.469. The fourth-order valence-corrected chi connectivity index (χ4v) is 3.96. The number of hydrogen-bond acceptors (Lipinski definition) is 6. The number of nitrogens with one attached hydrogen (secondary N) is 1. The summed E-state index contributed by atoms with van der Waals surface area (Å²) in [5.41, 5.74) is 1.90. The summed E-state index contributed by atoms with van der Waals surface area (Å²) in [6.07, 6.45) is 3.59. The molecule has 1 atom stereocenters. The van der Waals surface area contributed by atoms with Crippen molar-refractivity contribution in [2.24, 2.45) is 5.14 Å². The van der Waals surface area contributed by atoms with E-state index in [1.807, 2.05) is 42.5 Å². The van der Waals surface area contributed by atoms with Crippen molar-refractivity contribution in [2.45, 2.75) is 29.9 Å². The van der Waals surface area contributed by atoms with Crippen LogP contribution in [0.1, 0.15) is 36.3 Å². The number of nitrogens with two attached hydrogens (primary N) is 1. The Labute approximate surface area is 183 Å². The monoisotopic (exact) mass is 443 g/mol. The molecule has 3 N–H and O–H groups in total. The van der Waals surface area contributed by atoms with E-state index in [4.69, 9.17) is 9.88 Å². The summed E-state index contributed by atoms with van der Waals surface area (Å²) >= 11 is 4.68. The van der Waals surface area contributed by atoms with Crippen LogP contribution in [0.4, 0.5) is 5.69 Å². The number of thiol groups is 1. The first-order valence-corrected chi connectivity index (χ1v) is 11.7. The number of primary sulfonamides is 1. The van der Waals surface area contributed by atoms with Crippen molar-refractivity contribution in [3.63, 3.8) is 0 Å². The van der Waals surface area contributed by atoms with E-state index < -0.39 is 15.3 Å². The molecule has 30 heavy (non-hydrogen) atoms. The molecule has 3 rings (SSSR count). The van der Waals surface area contributed by atoms with Gasteiger partial charge in [0.2, 0.25) is 10.0 Å². The minimum atomic E-state index is -4.06. The zero-order valence-electron chi connectivity index (χ0n) is 16.7. The summed E-state index contributed by atoms with van der Waals surface area (Å²) in [4.78, 5) is 4.23. The second-order valence-corrected chi connectivity index (χ2v) is 8.84. The van der Waals surface area contributed by atoms with Crippen molar-refractivity contribution in [1.29, 1.82) is 0 Å². The summed E-state index contributed by atoms with van der Waals surface area (Å²) in [7, 11) is -4.06. The number of benzene rings is 2. The average Bonchev–Trinajstić information content (AvgIpc) is 2.75. The van der Waals surface area contributed by atoms with Crippen molar-refractivity contribution in [1.82, 2.24) is 4.98 Å². The van der Waals surface area contributed by atoms with Crippen LogP contribution in [0.5, 0.6) is 11.5 Å². The molecule has 0 bridgehead atoms. The van der Waals surface area contributed by atoms with Gasteiger partial charge in [0.15, 0.2) is 5.75 Å². The van der Waals surface area contributed by atoms with Gasteiger partial charge in [0.1, 0.15) is 10.6 Å². The largest absolute Gasteiger partial charge is 0.454 e. The first kappa shape index (κ1) is 22.1. The van der Waals surface area contributed by atoms with Crippen LogP contribution < -0.4 is 15.2 Å². The Balaban J connectivity index is 2.13. The minimum absolute atomic E-state index is 0.0992. The maximum absolute atomic E-state index is 12.5. The highest BCUT2D eigenvalue weighted by atomic mass is 32.2. The summed E-state index contributed by atoms with van der Waals surface area (Å²) in [5.74, 6) is 0.686. The number of rotatable bonds is 9. The molecule has 3 aromatic rings. The first-order valence-electron chi connectivity index (χ1n) is 9.66. The number of pyridine rings is 1. The maximum Gasteiger partial charge on any atom is 0.241 e. The van der Waals surface area contributed by atoms with Gasteiger partial charge in [0, 0.05) is 12.7 Å². The van der Waals surface area contributed by atoms with Gasteiger partial charge in [0.25, 0.3) is 0 Å². The molecule has 0 radical (unpaired) electrons. The molecule has 1 unspecified atom stereocenters. The highest BCUT2D eigenvalue weighted by Gasteiger charge is 2.24. The van der Waals surface area contributed by atoms with Crippen molar-refractivity contribution < 1.29 is 13.2 Å². The SMILES string of the molecule is CCCCNc1cc(C(S)c2ccccn2)cc(S(N)(=O)=O)c1Oc1ccccc1. The fourth-order valence-electron chi connectivity index (χ4n) is 2.94. The number of para-hydroxylation sites is 1. The summed E-state index contributed by atoms with van der Waals surface area (Å²) in [5, 5.41) is 8.43. The summed E-state index contributed by atoms with van der Waals surface area (Å²) in [6, 6.07) is 17.9. The number of hydrogen-bond donors (Lipinski definition) is 3. The van der Waals surface area contributed by atoms with Crippen molar-refractivity contribution >= 4 is 28.3 Å². The number of unbranched alkanes of at least 4 members (excludes halogenated alkanes) is 1. The molecule has 0 fully saturated rings. The maximum atomic E-state index is 12.5. The van der Waals surface area contributed by atoms with E-state index in [9.17, 15) is 8.42 Å². The van der Waals surface area contributed by atoms with E-state index in [-0.39, 0.29) is 10.6 Å². The van der Waals surface area contributed by atoms with Crippen molar-refractivity contribution in [3.05, 3.63) is 78.1 Å². The van der Waals surface area contributed by atoms with E-state index in [1.54, 1.807) is 18.3 Å². The number of anilines is 1. The molecule has 0 amide bonds. The first-order chi connectivity index (χ1) is 14.4. The molecule has 0 spiro atoms. The molecule has 0 aliphatic rings. The lowest BCUT2D eigenvalue weighted by atomic mass is 10.1. The minimum Gasteiger partial charge on any atom is -0.454 e. The Morgan fingerprint density at radius 3 is 2.50 bits per heavy atom. The van der Waals surface area contributed by atoms with Crippen LogP contribution in [-0.4, -0.2) is 19.9 Å². The number of aromatic nitrogens is 1. The van der Waals surface area contributed by atoms with E-state index in [0.717, 1.165) is 12.8 Å². The van der Waals surface area contributed by atoms with Gasteiger partial charge in [-0.2, -0.15) is 12.6 Å². The third kappa shape index (κ3) is 5.53. The van der Waals surface area contributed by atoms with Crippen molar-refractivity contribution in [3.8, 4) is 11.5 Å². The van der Waals surface area contributed by atoms with Gasteiger partial charge in [-0.3, -0.25) is 4.98 Å². The molecule has 2 aromatic carbocycles. The van der Waals surface area contributed by atoms with Gasteiger partial charge in [-0.05, 0) is 48.4 Å². The van der Waals surface area contributed by atoms with E-state index in [2.05, 4.69) is 29.9 Å². The highest BCUT2D eigenvalue weighted by molar-refractivity contribution is 7.89. The molecule has 1 heterocycles. The smallest absolute Gasteiger partial charge is 0.241 e. The lowest BCUT2D eigenvalue weighted by Gasteiger charge is -2.20. The molecule has 0 saturated carbocycles. The van der Waals surface area contributed by atoms with Crippen molar-refractivity contribution in [2.75, 3.05) is 11.9 Å². The van der Waals surface area contributed by atoms with Crippen LogP contribution in [0.25, 0.3) is 0 Å². The second-order valence-electron chi connectivity index (χ2n) is 6.79. The fraction of sp³-hybridized carbons (Fsp3) is 0.227. The van der Waals surface area contributed by atoms with Gasteiger partial charge < -0.3 is 10.1 Å². The lowest BCUT2D eigenvalue weighted by Crippen LogP contribution is -2.16. The summed E-state index contributed by atoms with van der Waals surface area (Å²) in [6.45, 7) is 2.75. The zero-order chi connectivity index (χ0) is 21.6. The molecule has 8 heteroatoms. The van der Waals surface area contributed by atoms with Crippen LogP contribution >= 0.6 is 12.6 Å². The van der Waals surface area contributed by atoms with E-state index >= 15 is 0 Å². The zero-order valence-corrected chi connectivity index (χ0v) is 18.4. The Hall–Kier alpha value is -2.55. The molecule has 1 aromatic heterocycles. The molecule has 158 valence electrons. The molecule has 0 aliphatic carbocycles. The third-order valence-corrected chi connectivity index (χ3v) is 5.96. The van der Waals surface area contributed by atoms with Gasteiger partial charge in [-0.15, -0.1) is 0 Å². The summed E-state index contributed by atoms with van der Waals surface area (Å²) < 4.78 is 30.9. The molecule has 6 nitrogen and oxygen atoms in total. The Morgan fingerprint density at radius 2 is 1.87 bits per heavy atom. The van der Waals surface area contributed by atoms with Gasteiger partial charge in [-0.1, -0.05) is 37.6 Å². The van der Waals surface area contributed by atoms with Crippen LogP contribution in [-0.2, 0) is 10.0 Å². The average molecular weight is 444 g/mol. The van der Waals surface area contributed by atoms with Gasteiger partial charge in [-0.25, -0.2) is 13.6 Å². The highest BCUT2D eigenvalue weighted by Crippen LogP contribution is 2.40. The quantitative estimate of drug-likeness (QED) is 0.328. The third-order valence-electron chi connectivity index (χ3n) is 4.48. The Bertz CT molecular complexity index is 1080. The Morgan fingerprint density at radius 1 is 1.13 bits per heavy atom. The van der Waals surface area contributed by atoms with Crippen LogP contribution in [0, 0.1) is 0 Å². The van der Waals surface area contributed by atoms with Gasteiger partial charge >= 0.3 is 0 Å². The predicted molar refractivity (Wildman–Crippen MR) is 123 cm³/mol. The van der Waals surface area contributed by atoms with Gasteiger partial charge in [0.05, 0.1) is 16.6 Å². The standard InChI is InChI=1S/C22H25N3O3S2/c1-2-3-12-25-19-14-16(22(29)18-11-7-8-13-24-18)15-20(30(23,26)27)21(19)28-17-9-5-4-6-10-17/h4-11,13-15,22,25,29H,2-3,12H2,1H3,(H2,23,26,27). The predicted octanol–water partition coefficient (Wildman–Crippen LogP) is 4.75. The normalized spacial score (nSPS) is 12.4. The number of nitrogens with zero attached hydrogens (tertiary/aromatic N) is 1. The molecule has 0 saturated heterocycles. The van der Waals surface area contributed by atoms with E-state index in [1.165, 1.54) is 6.07 Å². The number of ether oxygens (including phenoxy) is 1. The Kier molecular flexibility index (Phi) is 7.36. The second kappa shape index (κ2) is 9.97. The molecule has 0 aliphatic heterocycles. The molecular weight excluding hydrogens is 418 g/mol. The molecular formula is C22H25N3O3S2. The van der Waals surface area contributed by atoms with E-state index in [0.29, 0.717) is 29.2 Å². The topological polar surface area (TPSA) is 94.3 Å². The number of sulfonamides is 1. The van der Waals surface area contributed by atoms with Crippen LogP contribution in [0.3, 0.4) is 0 Å².